The zero-order valence-electron chi connectivity index (χ0n) is 23.5. The third-order valence-electron chi connectivity index (χ3n) is 9.84. The summed E-state index contributed by atoms with van der Waals surface area (Å²) in [5, 5.41) is 24.0. The lowest BCUT2D eigenvalue weighted by molar-refractivity contribution is -0.140. The van der Waals surface area contributed by atoms with Crippen LogP contribution in [0.2, 0.25) is 0 Å². The number of aliphatic hydroxyl groups excluding tert-OH is 2. The van der Waals surface area contributed by atoms with Crippen molar-refractivity contribution < 1.29 is 38.8 Å². The van der Waals surface area contributed by atoms with Crippen molar-refractivity contribution in [3.63, 3.8) is 0 Å². The fourth-order valence-electron chi connectivity index (χ4n) is 7.92. The van der Waals surface area contributed by atoms with Crippen molar-refractivity contribution in [2.75, 3.05) is 33.4 Å². The van der Waals surface area contributed by atoms with Crippen LogP contribution in [0, 0.1) is 17.8 Å². The largest absolute Gasteiger partial charge is 0.493 e. The fourth-order valence-corrected chi connectivity index (χ4v) is 7.92. The first-order valence-corrected chi connectivity index (χ1v) is 15.0. The Hall–Kier alpha value is -2.95. The number of rotatable bonds is 10. The van der Waals surface area contributed by atoms with E-state index in [0.29, 0.717) is 71.8 Å². The SMILES string of the molecule is COc1cc(C=O)cc2c1OC1C2C(C(=O)NCCO)=CC(N(CC2CCCO2)C(=O)CC2CC3CCC2C3)C1O. The molecular weight excluding hydrogens is 528 g/mol. The van der Waals surface area contributed by atoms with Crippen LogP contribution in [-0.4, -0.2) is 91.0 Å². The quantitative estimate of drug-likeness (QED) is 0.365. The van der Waals surface area contributed by atoms with Crippen LogP contribution in [0.5, 0.6) is 11.5 Å². The van der Waals surface area contributed by atoms with Crippen LogP contribution >= 0.6 is 0 Å². The Morgan fingerprint density at radius 3 is 2.73 bits per heavy atom. The number of benzene rings is 1. The van der Waals surface area contributed by atoms with Crippen LogP contribution in [0.4, 0.5) is 0 Å². The van der Waals surface area contributed by atoms with Gasteiger partial charge >= 0.3 is 0 Å². The Balaban J connectivity index is 1.37. The Morgan fingerprint density at radius 1 is 1.22 bits per heavy atom. The summed E-state index contributed by atoms with van der Waals surface area (Å²) in [6.07, 6.45) is 7.09. The number of aldehydes is 1. The van der Waals surface area contributed by atoms with Crippen molar-refractivity contribution in [2.24, 2.45) is 17.8 Å². The molecule has 8 atom stereocenters. The van der Waals surface area contributed by atoms with Gasteiger partial charge in [0.25, 0.3) is 0 Å². The van der Waals surface area contributed by atoms with Gasteiger partial charge in [-0.2, -0.15) is 0 Å². The van der Waals surface area contributed by atoms with E-state index in [0.717, 1.165) is 19.3 Å². The number of aliphatic hydroxyl groups is 2. The van der Waals surface area contributed by atoms with Crippen LogP contribution < -0.4 is 14.8 Å². The topological polar surface area (TPSA) is 135 Å². The Morgan fingerprint density at radius 2 is 2.07 bits per heavy atom. The number of methoxy groups -OCH3 is 1. The molecule has 3 fully saturated rings. The summed E-state index contributed by atoms with van der Waals surface area (Å²) in [5.41, 5.74) is 1.25. The molecule has 2 amide bonds. The second-order valence-corrected chi connectivity index (χ2v) is 12.2. The van der Waals surface area contributed by atoms with Gasteiger partial charge in [-0.25, -0.2) is 0 Å². The first kappa shape index (κ1) is 28.2. The van der Waals surface area contributed by atoms with E-state index in [2.05, 4.69) is 5.32 Å². The number of ether oxygens (including phenoxy) is 3. The zero-order valence-corrected chi connectivity index (χ0v) is 23.5. The number of fused-ring (bicyclic) bond motifs is 5. The molecule has 3 aliphatic carbocycles. The molecule has 8 unspecified atom stereocenters. The van der Waals surface area contributed by atoms with E-state index >= 15 is 0 Å². The Kier molecular flexibility index (Phi) is 8.07. The van der Waals surface area contributed by atoms with Crippen LogP contribution in [0.25, 0.3) is 0 Å². The highest BCUT2D eigenvalue weighted by Crippen LogP contribution is 2.52. The summed E-state index contributed by atoms with van der Waals surface area (Å²) < 4.78 is 17.7. The van der Waals surface area contributed by atoms with Crippen molar-refractivity contribution in [1.82, 2.24) is 10.2 Å². The smallest absolute Gasteiger partial charge is 0.247 e. The Bertz CT molecular complexity index is 1210. The van der Waals surface area contributed by atoms with Gasteiger partial charge in [0.05, 0.1) is 31.8 Å². The molecule has 6 rings (SSSR count). The average Bonchev–Trinajstić information content (AvgIpc) is 3.79. The highest BCUT2D eigenvalue weighted by atomic mass is 16.5. The second-order valence-electron chi connectivity index (χ2n) is 12.2. The van der Waals surface area contributed by atoms with E-state index in [1.54, 1.807) is 23.1 Å². The van der Waals surface area contributed by atoms with Crippen LogP contribution in [0.15, 0.2) is 23.8 Å². The summed E-state index contributed by atoms with van der Waals surface area (Å²) in [7, 11) is 1.47. The number of hydrogen-bond donors (Lipinski definition) is 3. The maximum absolute atomic E-state index is 14.0. The van der Waals surface area contributed by atoms with E-state index in [-0.39, 0.29) is 25.2 Å². The van der Waals surface area contributed by atoms with E-state index in [4.69, 9.17) is 14.2 Å². The molecule has 2 bridgehead atoms. The van der Waals surface area contributed by atoms with Crippen LogP contribution in [0.3, 0.4) is 0 Å². The summed E-state index contributed by atoms with van der Waals surface area (Å²) in [6.45, 7) is 0.781. The molecule has 0 aromatic heterocycles. The monoisotopic (exact) mass is 568 g/mol. The fraction of sp³-hybridized carbons (Fsp3) is 0.645. The molecule has 2 aliphatic heterocycles. The van der Waals surface area contributed by atoms with Gasteiger partial charge in [0, 0.05) is 42.8 Å². The number of nitrogens with zero attached hydrogens (tertiary/aromatic N) is 1. The predicted molar refractivity (Wildman–Crippen MR) is 148 cm³/mol. The first-order valence-electron chi connectivity index (χ1n) is 15.0. The molecule has 10 nitrogen and oxygen atoms in total. The Labute approximate surface area is 240 Å². The minimum Gasteiger partial charge on any atom is -0.493 e. The zero-order chi connectivity index (χ0) is 28.7. The van der Waals surface area contributed by atoms with E-state index < -0.39 is 30.1 Å². The highest BCUT2D eigenvalue weighted by molar-refractivity contribution is 5.96. The van der Waals surface area contributed by atoms with Crippen LogP contribution in [0.1, 0.15) is 66.8 Å². The molecule has 1 saturated heterocycles. The van der Waals surface area contributed by atoms with E-state index in [9.17, 15) is 24.6 Å². The van der Waals surface area contributed by atoms with Crippen molar-refractivity contribution in [2.45, 2.75) is 75.2 Å². The molecule has 2 saturated carbocycles. The lowest BCUT2D eigenvalue weighted by atomic mass is 9.77. The summed E-state index contributed by atoms with van der Waals surface area (Å²) in [5.74, 6) is 1.19. The standard InChI is InChI=1S/C31H40N2O8/c1-39-25-12-18(16-35)11-22-27-23(31(38)32-6-7-34)14-24(28(37)30(27)41-29(22)25)33(15-21-3-2-8-40-21)26(36)13-20-10-17-4-5-19(20)9-17/h11-12,14,16-17,19-21,24,27-28,30,34,37H,2-10,13,15H2,1H3,(H,32,38). The lowest BCUT2D eigenvalue weighted by Gasteiger charge is -2.42. The summed E-state index contributed by atoms with van der Waals surface area (Å²) in [6, 6.07) is 2.40. The maximum atomic E-state index is 14.0. The summed E-state index contributed by atoms with van der Waals surface area (Å²) >= 11 is 0. The summed E-state index contributed by atoms with van der Waals surface area (Å²) in [4.78, 5) is 41.0. The molecule has 3 N–H and O–H groups in total. The lowest BCUT2D eigenvalue weighted by Crippen LogP contribution is -2.57. The molecule has 1 aromatic carbocycles. The van der Waals surface area contributed by atoms with E-state index in [1.807, 2.05) is 0 Å². The number of nitrogens with one attached hydrogen (secondary N) is 1. The molecule has 0 radical (unpaired) electrons. The maximum Gasteiger partial charge on any atom is 0.247 e. The highest BCUT2D eigenvalue weighted by Gasteiger charge is 2.52. The third-order valence-corrected chi connectivity index (χ3v) is 9.84. The average molecular weight is 569 g/mol. The van der Waals surface area contributed by atoms with Crippen molar-refractivity contribution >= 4 is 18.1 Å². The second kappa shape index (κ2) is 11.7. The number of hydrogen-bond acceptors (Lipinski definition) is 8. The van der Waals surface area contributed by atoms with Crippen LogP contribution in [-0.2, 0) is 14.3 Å². The molecule has 1 aromatic rings. The van der Waals surface area contributed by atoms with Crippen molar-refractivity contribution in [3.8, 4) is 11.5 Å². The van der Waals surface area contributed by atoms with Crippen molar-refractivity contribution in [1.29, 1.82) is 0 Å². The molecule has 10 heteroatoms. The van der Waals surface area contributed by atoms with Gasteiger partial charge < -0.3 is 34.6 Å². The number of carbonyl (C=O) groups is 3. The molecule has 222 valence electrons. The minimum absolute atomic E-state index is 0.0387. The van der Waals surface area contributed by atoms with Gasteiger partial charge in [0.15, 0.2) is 11.5 Å². The number of amides is 2. The molecule has 0 spiro atoms. The molecular formula is C31H40N2O8. The molecule has 5 aliphatic rings. The molecule has 2 heterocycles. The van der Waals surface area contributed by atoms with Gasteiger partial charge in [-0.3, -0.25) is 14.4 Å². The van der Waals surface area contributed by atoms with Gasteiger partial charge in [-0.05, 0) is 68.1 Å². The van der Waals surface area contributed by atoms with Gasteiger partial charge in [-0.15, -0.1) is 0 Å². The third kappa shape index (κ3) is 5.26. The first-order chi connectivity index (χ1) is 19.9. The molecule has 41 heavy (non-hydrogen) atoms. The predicted octanol–water partition coefficient (Wildman–Crippen LogP) is 1.96. The van der Waals surface area contributed by atoms with Gasteiger partial charge in [0.1, 0.15) is 18.5 Å². The van der Waals surface area contributed by atoms with Gasteiger partial charge in [0.2, 0.25) is 11.8 Å². The van der Waals surface area contributed by atoms with E-state index in [1.165, 1.54) is 26.4 Å². The van der Waals surface area contributed by atoms with Gasteiger partial charge in [-0.1, -0.05) is 6.42 Å². The minimum atomic E-state index is -1.14. The van der Waals surface area contributed by atoms with Crippen molar-refractivity contribution in [3.05, 3.63) is 34.9 Å². The normalized spacial score (nSPS) is 33.0. The number of carbonyl (C=O) groups excluding carboxylic acids is 3.